The summed E-state index contributed by atoms with van der Waals surface area (Å²) in [5.74, 6) is -1.66. The first-order valence-electron chi connectivity index (χ1n) is 6.97. The average molecular weight is 267 g/mol. The third-order valence-corrected chi connectivity index (χ3v) is 3.99. The molecule has 1 aromatic heterocycles. The Morgan fingerprint density at radius 2 is 2.05 bits per heavy atom. The van der Waals surface area contributed by atoms with Crippen molar-refractivity contribution in [3.05, 3.63) is 23.9 Å². The third kappa shape index (κ3) is 2.86. The van der Waals surface area contributed by atoms with E-state index in [2.05, 4.69) is 10.3 Å². The fourth-order valence-electron chi connectivity index (χ4n) is 2.81. The molecule has 3 rings (SSSR count). The molecule has 5 heteroatoms. The summed E-state index contributed by atoms with van der Waals surface area (Å²) in [6.07, 6.45) is 2.14. The molecule has 3 heterocycles. The van der Waals surface area contributed by atoms with Gasteiger partial charge in [0.25, 0.3) is 5.92 Å². The summed E-state index contributed by atoms with van der Waals surface area (Å²) in [6, 6.07) is 6.24. The summed E-state index contributed by atoms with van der Waals surface area (Å²) >= 11 is 0. The molecule has 1 N–H and O–H groups in total. The van der Waals surface area contributed by atoms with Crippen molar-refractivity contribution in [3.8, 4) is 0 Å². The number of nitrogens with one attached hydrogen (secondary N) is 1. The Hall–Kier alpha value is -1.23. The van der Waals surface area contributed by atoms with E-state index >= 15 is 0 Å². The molecule has 0 radical (unpaired) electrons. The topological polar surface area (TPSA) is 28.2 Å². The van der Waals surface area contributed by atoms with Crippen molar-refractivity contribution in [2.75, 3.05) is 24.5 Å². The van der Waals surface area contributed by atoms with Crippen molar-refractivity contribution in [1.29, 1.82) is 0 Å². The number of halogens is 2. The van der Waals surface area contributed by atoms with Crippen LogP contribution in [0.25, 0.3) is 0 Å². The van der Waals surface area contributed by atoms with E-state index in [9.17, 15) is 8.78 Å². The Bertz CT molecular complexity index is 434. The molecule has 2 aliphatic rings. The maximum Gasteiger partial charge on any atom is 0.251 e. The van der Waals surface area contributed by atoms with Gasteiger partial charge in [0.2, 0.25) is 0 Å². The summed E-state index contributed by atoms with van der Waals surface area (Å²) < 4.78 is 26.3. The third-order valence-electron chi connectivity index (χ3n) is 3.99. The standard InChI is InChI=1S/C14H19F2N3/c15-14(16)6-9-19(10-7-14)13-5-1-3-12(18-13)11-4-2-8-17-11/h1,3,5,11,17H,2,4,6-10H2/t11-/m0/s1. The van der Waals surface area contributed by atoms with Gasteiger partial charge in [-0.25, -0.2) is 13.8 Å². The zero-order chi connectivity index (χ0) is 13.3. The molecule has 0 amide bonds. The predicted octanol–water partition coefficient (Wildman–Crippen LogP) is 2.74. The monoisotopic (exact) mass is 267 g/mol. The smallest absolute Gasteiger partial charge is 0.251 e. The fourth-order valence-corrected chi connectivity index (χ4v) is 2.81. The van der Waals surface area contributed by atoms with Gasteiger partial charge >= 0.3 is 0 Å². The Morgan fingerprint density at radius 1 is 1.26 bits per heavy atom. The Kier molecular flexibility index (Phi) is 3.39. The highest BCUT2D eigenvalue weighted by Gasteiger charge is 2.34. The van der Waals surface area contributed by atoms with Gasteiger partial charge in [0.1, 0.15) is 5.82 Å². The van der Waals surface area contributed by atoms with Crippen molar-refractivity contribution >= 4 is 5.82 Å². The SMILES string of the molecule is FC1(F)CCN(c2cccc([C@@H]3CCCN3)n2)CC1. The van der Waals surface area contributed by atoms with Crippen molar-refractivity contribution in [2.45, 2.75) is 37.6 Å². The Labute approximate surface area is 112 Å². The maximum absolute atomic E-state index is 13.2. The van der Waals surface area contributed by atoms with Gasteiger partial charge in [-0.1, -0.05) is 6.07 Å². The molecule has 0 aromatic carbocycles. The normalized spacial score (nSPS) is 26.6. The van der Waals surface area contributed by atoms with Crippen LogP contribution < -0.4 is 10.2 Å². The lowest BCUT2D eigenvalue weighted by molar-refractivity contribution is -0.0221. The number of hydrogen-bond donors (Lipinski definition) is 1. The minimum atomic E-state index is -2.50. The Morgan fingerprint density at radius 3 is 2.74 bits per heavy atom. The number of anilines is 1. The molecule has 1 aromatic rings. The molecular weight excluding hydrogens is 248 g/mol. The van der Waals surface area contributed by atoms with Gasteiger partial charge in [-0.3, -0.25) is 0 Å². The summed E-state index contributed by atoms with van der Waals surface area (Å²) in [6.45, 7) is 1.82. The van der Waals surface area contributed by atoms with Crippen molar-refractivity contribution < 1.29 is 8.78 Å². The Balaban J connectivity index is 1.72. The molecule has 0 bridgehead atoms. The van der Waals surface area contributed by atoms with Gasteiger partial charge in [0.05, 0.1) is 5.69 Å². The molecule has 2 fully saturated rings. The van der Waals surface area contributed by atoms with E-state index in [4.69, 9.17) is 0 Å². The number of nitrogens with zero attached hydrogens (tertiary/aromatic N) is 2. The number of rotatable bonds is 2. The van der Waals surface area contributed by atoms with Gasteiger partial charge in [0, 0.05) is 32.0 Å². The van der Waals surface area contributed by atoms with Crippen LogP contribution in [0, 0.1) is 0 Å². The van der Waals surface area contributed by atoms with Gasteiger partial charge in [0.15, 0.2) is 0 Å². The summed E-state index contributed by atoms with van der Waals surface area (Å²) in [5.41, 5.74) is 1.03. The van der Waals surface area contributed by atoms with Gasteiger partial charge in [-0.05, 0) is 31.5 Å². The second-order valence-corrected chi connectivity index (χ2v) is 5.41. The van der Waals surface area contributed by atoms with Crippen LogP contribution in [0.5, 0.6) is 0 Å². The van der Waals surface area contributed by atoms with E-state index in [1.54, 1.807) is 0 Å². The van der Waals surface area contributed by atoms with Crippen LogP contribution in [0.2, 0.25) is 0 Å². The molecular formula is C14H19F2N3. The molecule has 1 atom stereocenters. The molecule has 0 aliphatic carbocycles. The number of pyridine rings is 1. The number of hydrogen-bond acceptors (Lipinski definition) is 3. The average Bonchev–Trinajstić information content (AvgIpc) is 2.93. The minimum Gasteiger partial charge on any atom is -0.356 e. The highest BCUT2D eigenvalue weighted by molar-refractivity contribution is 5.40. The van der Waals surface area contributed by atoms with Crippen LogP contribution in [0.1, 0.15) is 37.4 Å². The van der Waals surface area contributed by atoms with Crippen LogP contribution >= 0.6 is 0 Å². The lowest BCUT2D eigenvalue weighted by Crippen LogP contribution is -2.39. The van der Waals surface area contributed by atoms with E-state index in [0.717, 1.165) is 24.5 Å². The largest absolute Gasteiger partial charge is 0.356 e. The highest BCUT2D eigenvalue weighted by Crippen LogP contribution is 2.30. The zero-order valence-electron chi connectivity index (χ0n) is 10.9. The quantitative estimate of drug-likeness (QED) is 0.893. The highest BCUT2D eigenvalue weighted by atomic mass is 19.3. The fraction of sp³-hybridized carbons (Fsp3) is 0.643. The van der Waals surface area contributed by atoms with E-state index in [1.807, 2.05) is 23.1 Å². The van der Waals surface area contributed by atoms with Crippen LogP contribution in [0.15, 0.2) is 18.2 Å². The van der Waals surface area contributed by atoms with Crippen molar-refractivity contribution in [2.24, 2.45) is 0 Å². The lowest BCUT2D eigenvalue weighted by atomic mass is 10.1. The zero-order valence-corrected chi connectivity index (χ0v) is 10.9. The summed E-state index contributed by atoms with van der Waals surface area (Å²) in [5, 5.41) is 3.42. The minimum absolute atomic E-state index is 0.0689. The first-order chi connectivity index (χ1) is 9.14. The maximum atomic E-state index is 13.2. The number of aromatic nitrogens is 1. The molecule has 3 nitrogen and oxygen atoms in total. The lowest BCUT2D eigenvalue weighted by Gasteiger charge is -2.32. The number of piperidine rings is 1. The van der Waals surface area contributed by atoms with E-state index < -0.39 is 5.92 Å². The van der Waals surface area contributed by atoms with Crippen LogP contribution in [0.4, 0.5) is 14.6 Å². The summed E-state index contributed by atoms with van der Waals surface area (Å²) in [4.78, 5) is 6.61. The van der Waals surface area contributed by atoms with Crippen molar-refractivity contribution in [1.82, 2.24) is 10.3 Å². The number of alkyl halides is 2. The second kappa shape index (κ2) is 5.04. The molecule has 104 valence electrons. The van der Waals surface area contributed by atoms with Gasteiger partial charge < -0.3 is 10.2 Å². The van der Waals surface area contributed by atoms with Gasteiger partial charge in [-0.15, -0.1) is 0 Å². The first-order valence-corrected chi connectivity index (χ1v) is 6.97. The predicted molar refractivity (Wildman–Crippen MR) is 70.6 cm³/mol. The first kappa shape index (κ1) is 12.8. The summed E-state index contributed by atoms with van der Waals surface area (Å²) in [7, 11) is 0. The van der Waals surface area contributed by atoms with E-state index in [0.29, 0.717) is 19.1 Å². The molecule has 0 saturated carbocycles. The molecule has 2 saturated heterocycles. The van der Waals surface area contributed by atoms with E-state index in [-0.39, 0.29) is 12.8 Å². The molecule has 19 heavy (non-hydrogen) atoms. The van der Waals surface area contributed by atoms with Gasteiger partial charge in [-0.2, -0.15) is 0 Å². The van der Waals surface area contributed by atoms with Crippen LogP contribution in [-0.4, -0.2) is 30.5 Å². The molecule has 0 spiro atoms. The van der Waals surface area contributed by atoms with E-state index in [1.165, 1.54) is 6.42 Å². The molecule has 2 aliphatic heterocycles. The van der Waals surface area contributed by atoms with Crippen LogP contribution in [-0.2, 0) is 0 Å². The second-order valence-electron chi connectivity index (χ2n) is 5.41. The van der Waals surface area contributed by atoms with Crippen molar-refractivity contribution in [3.63, 3.8) is 0 Å². The van der Waals surface area contributed by atoms with Crippen LogP contribution in [0.3, 0.4) is 0 Å². The molecule has 0 unspecified atom stereocenters.